The molecule has 0 aliphatic carbocycles. The monoisotopic (exact) mass is 371 g/mol. The second-order valence-electron chi connectivity index (χ2n) is 8.19. The van der Waals surface area contributed by atoms with Crippen molar-refractivity contribution in [3.05, 3.63) is 53.4 Å². The molecule has 27 heavy (non-hydrogen) atoms. The highest BCUT2D eigenvalue weighted by Gasteiger charge is 2.26. The summed E-state index contributed by atoms with van der Waals surface area (Å²) in [6, 6.07) is 7.50. The Morgan fingerprint density at radius 3 is 2.67 bits per heavy atom. The third-order valence-electron chi connectivity index (χ3n) is 5.06. The summed E-state index contributed by atoms with van der Waals surface area (Å²) in [7, 11) is 0. The first-order chi connectivity index (χ1) is 12.8. The van der Waals surface area contributed by atoms with Crippen LogP contribution in [0.4, 0.5) is 14.6 Å². The summed E-state index contributed by atoms with van der Waals surface area (Å²) < 4.78 is 29.6. The molecule has 0 amide bonds. The van der Waals surface area contributed by atoms with Crippen LogP contribution in [0.1, 0.15) is 50.9 Å². The van der Waals surface area contributed by atoms with E-state index in [0.29, 0.717) is 17.8 Å². The summed E-state index contributed by atoms with van der Waals surface area (Å²) in [5, 5.41) is 13.2. The van der Waals surface area contributed by atoms with Gasteiger partial charge in [0.05, 0.1) is 0 Å². The van der Waals surface area contributed by atoms with E-state index in [2.05, 4.69) is 35.9 Å². The van der Waals surface area contributed by atoms with Crippen LogP contribution in [0.25, 0.3) is 5.65 Å². The van der Waals surface area contributed by atoms with Crippen LogP contribution in [0.2, 0.25) is 0 Å². The largest absolute Gasteiger partial charge is 0.355 e. The molecule has 0 bridgehead atoms. The molecule has 1 atom stereocenters. The molecule has 2 aromatic heterocycles. The van der Waals surface area contributed by atoms with Crippen molar-refractivity contribution in [2.24, 2.45) is 0 Å². The van der Waals surface area contributed by atoms with Crippen LogP contribution in [0.3, 0.4) is 0 Å². The highest BCUT2D eigenvalue weighted by Crippen LogP contribution is 2.31. The maximum Gasteiger partial charge on any atom is 0.178 e. The Bertz CT molecular complexity index is 976. The number of nitrogens with zero attached hydrogens (tertiary/aromatic N) is 5. The lowest BCUT2D eigenvalue weighted by Crippen LogP contribution is -2.35. The molecule has 0 N–H and O–H groups in total. The number of rotatable bonds is 2. The van der Waals surface area contributed by atoms with E-state index in [-0.39, 0.29) is 17.2 Å². The predicted molar refractivity (Wildman–Crippen MR) is 100 cm³/mol. The molecule has 1 aliphatic rings. The molecular formula is C20H23F2N5. The van der Waals surface area contributed by atoms with Crippen molar-refractivity contribution in [1.29, 1.82) is 0 Å². The molecule has 3 heterocycles. The zero-order valence-electron chi connectivity index (χ0n) is 15.8. The third kappa shape index (κ3) is 3.38. The second kappa shape index (κ2) is 6.55. The van der Waals surface area contributed by atoms with Gasteiger partial charge < -0.3 is 4.90 Å². The fraction of sp³-hybridized carbons (Fsp3) is 0.450. The fourth-order valence-electron chi connectivity index (χ4n) is 3.68. The van der Waals surface area contributed by atoms with E-state index in [0.717, 1.165) is 37.1 Å². The molecule has 7 heteroatoms. The van der Waals surface area contributed by atoms with Gasteiger partial charge in [0, 0.05) is 24.4 Å². The number of hydrogen-bond donors (Lipinski definition) is 0. The molecule has 4 rings (SSSR count). The smallest absolute Gasteiger partial charge is 0.178 e. The van der Waals surface area contributed by atoms with Crippen LogP contribution >= 0.6 is 0 Å². The van der Waals surface area contributed by atoms with E-state index in [1.165, 1.54) is 12.1 Å². The Morgan fingerprint density at radius 2 is 1.89 bits per heavy atom. The minimum Gasteiger partial charge on any atom is -0.355 e. The van der Waals surface area contributed by atoms with E-state index in [9.17, 15) is 8.78 Å². The number of halogens is 2. The van der Waals surface area contributed by atoms with E-state index < -0.39 is 5.82 Å². The maximum absolute atomic E-state index is 14.2. The lowest BCUT2D eigenvalue weighted by atomic mass is 9.90. The average molecular weight is 371 g/mol. The summed E-state index contributed by atoms with van der Waals surface area (Å²) in [6.45, 7) is 7.65. The van der Waals surface area contributed by atoms with Crippen molar-refractivity contribution in [3.63, 3.8) is 0 Å². The quantitative estimate of drug-likeness (QED) is 0.681. The van der Waals surface area contributed by atoms with Gasteiger partial charge in [-0.25, -0.2) is 8.78 Å². The van der Waals surface area contributed by atoms with Crippen molar-refractivity contribution in [2.45, 2.75) is 44.9 Å². The number of aromatic nitrogens is 4. The zero-order valence-corrected chi connectivity index (χ0v) is 15.8. The Morgan fingerprint density at radius 1 is 1.07 bits per heavy atom. The summed E-state index contributed by atoms with van der Waals surface area (Å²) in [4.78, 5) is 2.13. The minimum absolute atomic E-state index is 0.0602. The van der Waals surface area contributed by atoms with Crippen LogP contribution in [-0.2, 0) is 5.41 Å². The summed E-state index contributed by atoms with van der Waals surface area (Å²) in [5.41, 5.74) is 0.967. The van der Waals surface area contributed by atoms with E-state index in [1.54, 1.807) is 4.52 Å². The SMILES string of the molecule is CC(C)(C)c1nnc2ccc(N3CCCC(c4cc(F)ccc4F)C3)nn12. The van der Waals surface area contributed by atoms with E-state index in [1.807, 2.05) is 12.1 Å². The fourth-order valence-corrected chi connectivity index (χ4v) is 3.68. The molecule has 1 aromatic carbocycles. The first kappa shape index (κ1) is 17.8. The normalized spacial score (nSPS) is 18.3. The Hall–Kier alpha value is -2.57. The van der Waals surface area contributed by atoms with Crippen molar-refractivity contribution in [2.75, 3.05) is 18.0 Å². The van der Waals surface area contributed by atoms with Crippen molar-refractivity contribution in [3.8, 4) is 0 Å². The zero-order chi connectivity index (χ0) is 19.2. The summed E-state index contributed by atoms with van der Waals surface area (Å²) in [5.74, 6) is 0.788. The minimum atomic E-state index is -0.401. The average Bonchev–Trinajstić information content (AvgIpc) is 3.07. The van der Waals surface area contributed by atoms with Gasteiger partial charge >= 0.3 is 0 Å². The van der Waals surface area contributed by atoms with Crippen LogP contribution in [0, 0.1) is 11.6 Å². The van der Waals surface area contributed by atoms with E-state index >= 15 is 0 Å². The lowest BCUT2D eigenvalue weighted by molar-refractivity contribution is 0.477. The molecule has 0 radical (unpaired) electrons. The molecule has 3 aromatic rings. The van der Waals surface area contributed by atoms with Crippen LogP contribution in [-0.4, -0.2) is 32.9 Å². The van der Waals surface area contributed by atoms with Gasteiger partial charge in [0.15, 0.2) is 11.5 Å². The predicted octanol–water partition coefficient (Wildman–Crippen LogP) is 4.08. The number of piperidine rings is 1. The first-order valence-electron chi connectivity index (χ1n) is 9.26. The molecule has 1 saturated heterocycles. The third-order valence-corrected chi connectivity index (χ3v) is 5.06. The molecule has 142 valence electrons. The van der Waals surface area contributed by atoms with Crippen molar-refractivity contribution < 1.29 is 8.78 Å². The molecule has 0 saturated carbocycles. The number of anilines is 1. The van der Waals surface area contributed by atoms with Crippen LogP contribution in [0.5, 0.6) is 0 Å². The standard InChI is InChI=1S/C20H23F2N5/c1-20(2,3)19-24-23-17-8-9-18(25-27(17)19)26-10-4-5-13(12-26)15-11-14(21)6-7-16(15)22/h6-9,11,13H,4-5,10,12H2,1-3H3. The van der Waals surface area contributed by atoms with Gasteiger partial charge in [-0.05, 0) is 48.7 Å². The van der Waals surface area contributed by atoms with Gasteiger partial charge in [0.25, 0.3) is 0 Å². The van der Waals surface area contributed by atoms with Gasteiger partial charge in [-0.15, -0.1) is 15.3 Å². The highest BCUT2D eigenvalue weighted by atomic mass is 19.1. The molecule has 1 aliphatic heterocycles. The summed E-state index contributed by atoms with van der Waals surface area (Å²) in [6.07, 6.45) is 1.73. The lowest BCUT2D eigenvalue weighted by Gasteiger charge is -2.34. The van der Waals surface area contributed by atoms with Gasteiger partial charge in [0.1, 0.15) is 17.5 Å². The topological polar surface area (TPSA) is 46.3 Å². The summed E-state index contributed by atoms with van der Waals surface area (Å²) >= 11 is 0. The molecule has 0 spiro atoms. The maximum atomic E-state index is 14.2. The Balaban J connectivity index is 1.66. The Kier molecular flexibility index (Phi) is 4.32. The van der Waals surface area contributed by atoms with Crippen LogP contribution in [0.15, 0.2) is 30.3 Å². The number of fused-ring (bicyclic) bond motifs is 1. The number of benzene rings is 1. The Labute approximate surface area is 157 Å². The van der Waals surface area contributed by atoms with Gasteiger partial charge in [-0.2, -0.15) is 4.52 Å². The van der Waals surface area contributed by atoms with Gasteiger partial charge in [-0.1, -0.05) is 20.8 Å². The van der Waals surface area contributed by atoms with Gasteiger partial charge in [0.2, 0.25) is 0 Å². The number of hydrogen-bond acceptors (Lipinski definition) is 4. The molecule has 1 unspecified atom stereocenters. The van der Waals surface area contributed by atoms with Crippen molar-refractivity contribution >= 4 is 11.5 Å². The molecule has 5 nitrogen and oxygen atoms in total. The van der Waals surface area contributed by atoms with E-state index in [4.69, 9.17) is 5.10 Å². The molecular weight excluding hydrogens is 348 g/mol. The second-order valence-corrected chi connectivity index (χ2v) is 8.19. The van der Waals surface area contributed by atoms with Crippen molar-refractivity contribution in [1.82, 2.24) is 19.8 Å². The highest BCUT2D eigenvalue weighted by molar-refractivity contribution is 5.47. The van der Waals surface area contributed by atoms with Gasteiger partial charge in [-0.3, -0.25) is 0 Å². The van der Waals surface area contributed by atoms with Crippen LogP contribution < -0.4 is 4.90 Å². The first-order valence-corrected chi connectivity index (χ1v) is 9.26. The molecule has 1 fully saturated rings.